The van der Waals surface area contributed by atoms with Crippen molar-refractivity contribution in [3.8, 4) is 34.4 Å². The molecule has 5 aromatic rings. The van der Waals surface area contributed by atoms with Crippen molar-refractivity contribution in [1.29, 1.82) is 0 Å². The van der Waals surface area contributed by atoms with E-state index in [4.69, 9.17) is 4.74 Å². The summed E-state index contributed by atoms with van der Waals surface area (Å²) in [4.78, 5) is 58.3. The maximum atomic E-state index is 13.5. The Labute approximate surface area is 322 Å². The van der Waals surface area contributed by atoms with Crippen LogP contribution in [0.1, 0.15) is 80.1 Å². The molecule has 1 aliphatic rings. The molecule has 1 aliphatic heterocycles. The quantitative estimate of drug-likeness (QED) is 0.115. The molecule has 1 fully saturated rings. The fraction of sp³-hybridized carbons (Fsp3) is 0.326. The Morgan fingerprint density at radius 1 is 0.836 bits per heavy atom. The van der Waals surface area contributed by atoms with E-state index in [2.05, 4.69) is 42.4 Å². The molecule has 0 saturated carbocycles. The molecule has 2 aromatic heterocycles. The number of methoxy groups -OCH3 is 1. The van der Waals surface area contributed by atoms with Crippen molar-refractivity contribution < 1.29 is 19.1 Å². The molecule has 0 aliphatic carbocycles. The Bertz CT molecular complexity index is 2150. The summed E-state index contributed by atoms with van der Waals surface area (Å²) in [5.74, 6) is 7.56. The summed E-state index contributed by atoms with van der Waals surface area (Å²) in [5, 5.41) is 5.79. The van der Waals surface area contributed by atoms with E-state index < -0.39 is 18.2 Å². The number of nitrogens with one attached hydrogen (secondary N) is 4. The van der Waals surface area contributed by atoms with E-state index in [0.29, 0.717) is 12.4 Å². The van der Waals surface area contributed by atoms with Gasteiger partial charge in [-0.05, 0) is 80.7 Å². The molecule has 12 nitrogen and oxygen atoms in total. The number of ether oxygens (including phenoxy) is 1. The van der Waals surface area contributed by atoms with Gasteiger partial charge in [0, 0.05) is 17.7 Å². The number of carbonyl (C=O) groups excluding carboxylic acids is 3. The number of likely N-dealkylation sites (tertiary alicyclic amines) is 1. The van der Waals surface area contributed by atoms with E-state index in [9.17, 15) is 14.4 Å². The smallest absolute Gasteiger partial charge is 0.407 e. The van der Waals surface area contributed by atoms with Gasteiger partial charge in [-0.2, -0.15) is 0 Å². The fourth-order valence-electron chi connectivity index (χ4n) is 6.84. The van der Waals surface area contributed by atoms with Gasteiger partial charge >= 0.3 is 6.09 Å². The van der Waals surface area contributed by atoms with Gasteiger partial charge in [-0.15, -0.1) is 0 Å². The van der Waals surface area contributed by atoms with Crippen LogP contribution in [0.2, 0.25) is 0 Å². The van der Waals surface area contributed by atoms with Crippen molar-refractivity contribution in [1.82, 2.24) is 40.4 Å². The molecule has 0 bridgehead atoms. The summed E-state index contributed by atoms with van der Waals surface area (Å²) < 4.78 is 4.75. The lowest BCUT2D eigenvalue weighted by atomic mass is 10.0. The minimum atomic E-state index is -0.683. The predicted octanol–water partition coefficient (Wildman–Crippen LogP) is 6.39. The number of alkyl carbamates (subject to hydrolysis) is 1. The Balaban J connectivity index is 1.06. The first-order valence-corrected chi connectivity index (χ1v) is 18.5. The van der Waals surface area contributed by atoms with Crippen LogP contribution in [0.25, 0.3) is 22.5 Å². The summed E-state index contributed by atoms with van der Waals surface area (Å²) >= 11 is 0. The second-order valence-corrected chi connectivity index (χ2v) is 14.3. The number of carbonyl (C=O) groups is 3. The number of benzene rings is 3. The molecule has 55 heavy (non-hydrogen) atoms. The van der Waals surface area contributed by atoms with Crippen molar-refractivity contribution in [2.24, 2.45) is 5.92 Å². The van der Waals surface area contributed by atoms with E-state index in [-0.39, 0.29) is 29.8 Å². The van der Waals surface area contributed by atoms with Crippen LogP contribution in [0.3, 0.4) is 0 Å². The highest BCUT2D eigenvalue weighted by atomic mass is 16.5. The molecule has 4 N–H and O–H groups in total. The molecule has 6 rings (SSSR count). The van der Waals surface area contributed by atoms with Gasteiger partial charge in [-0.3, -0.25) is 14.5 Å². The zero-order chi connectivity index (χ0) is 39.1. The number of nitrogens with zero attached hydrogens (tertiary/aromatic N) is 4. The molecule has 3 heterocycles. The molecular weight excluding hydrogens is 693 g/mol. The number of aromatic nitrogens is 4. The van der Waals surface area contributed by atoms with Crippen LogP contribution in [0, 0.1) is 17.8 Å². The predicted molar refractivity (Wildman–Crippen MR) is 211 cm³/mol. The Morgan fingerprint density at radius 2 is 1.44 bits per heavy atom. The van der Waals surface area contributed by atoms with Crippen LogP contribution in [0.15, 0.2) is 91.3 Å². The summed E-state index contributed by atoms with van der Waals surface area (Å²) in [5.41, 5.74) is 6.29. The molecule has 4 atom stereocenters. The second-order valence-electron chi connectivity index (χ2n) is 14.3. The van der Waals surface area contributed by atoms with Crippen LogP contribution < -0.4 is 10.6 Å². The lowest BCUT2D eigenvalue weighted by Gasteiger charge is -2.30. The second kappa shape index (κ2) is 17.3. The van der Waals surface area contributed by atoms with Crippen LogP contribution >= 0.6 is 0 Å². The van der Waals surface area contributed by atoms with E-state index in [0.717, 1.165) is 57.9 Å². The summed E-state index contributed by atoms with van der Waals surface area (Å²) in [6.45, 7) is 6.31. The van der Waals surface area contributed by atoms with Gasteiger partial charge in [-0.1, -0.05) is 80.3 Å². The van der Waals surface area contributed by atoms with Crippen LogP contribution in [0.5, 0.6) is 0 Å². The van der Waals surface area contributed by atoms with Crippen molar-refractivity contribution in [3.05, 3.63) is 120 Å². The average Bonchev–Trinajstić information content (AvgIpc) is 3.98. The van der Waals surface area contributed by atoms with Gasteiger partial charge in [0.1, 0.15) is 23.7 Å². The number of amides is 3. The highest BCUT2D eigenvalue weighted by Crippen LogP contribution is 2.33. The molecule has 3 amide bonds. The SMILES string of the molecule is COC(=O)N[C@H](C(=O)N1CCC[C@H]1c1ncc(-c2ccc(C#Cc3ccc(-c4cnc([C@H](C)NC(=O)[C@@H](c5ccccc5)N(C)C)[nH]4)cc3)cc2)[nH]1)C(C)C. The number of rotatable bonds is 11. The topological polar surface area (TPSA) is 148 Å². The Kier molecular flexibility index (Phi) is 12.1. The van der Waals surface area contributed by atoms with Gasteiger partial charge < -0.3 is 30.2 Å². The third kappa shape index (κ3) is 9.13. The number of hydrogen-bond acceptors (Lipinski definition) is 7. The van der Waals surface area contributed by atoms with Gasteiger partial charge in [0.15, 0.2) is 0 Å². The maximum absolute atomic E-state index is 13.5. The molecule has 1 saturated heterocycles. The average molecular weight is 741 g/mol. The zero-order valence-electron chi connectivity index (χ0n) is 32.1. The fourth-order valence-corrected chi connectivity index (χ4v) is 6.84. The van der Waals surface area contributed by atoms with Crippen LogP contribution in [-0.2, 0) is 14.3 Å². The number of aromatic amines is 2. The maximum Gasteiger partial charge on any atom is 0.407 e. The van der Waals surface area contributed by atoms with E-state index in [1.54, 1.807) is 17.3 Å². The number of H-pyrrole nitrogens is 2. The molecule has 0 spiro atoms. The molecule has 0 unspecified atom stereocenters. The molecular formula is C43H48N8O4. The van der Waals surface area contributed by atoms with E-state index in [1.165, 1.54) is 7.11 Å². The van der Waals surface area contributed by atoms with Crippen molar-refractivity contribution >= 4 is 17.9 Å². The normalized spacial score (nSPS) is 15.6. The molecule has 0 radical (unpaired) electrons. The number of imidazole rings is 2. The Hall–Kier alpha value is -6.19. The monoisotopic (exact) mass is 740 g/mol. The third-order valence-electron chi connectivity index (χ3n) is 9.83. The van der Waals surface area contributed by atoms with Crippen molar-refractivity contribution in [2.75, 3.05) is 27.7 Å². The van der Waals surface area contributed by atoms with Crippen LogP contribution in [0.4, 0.5) is 4.79 Å². The highest BCUT2D eigenvalue weighted by Gasteiger charge is 2.37. The molecule has 284 valence electrons. The largest absolute Gasteiger partial charge is 0.453 e. The first-order chi connectivity index (χ1) is 26.5. The minimum absolute atomic E-state index is 0.0940. The minimum Gasteiger partial charge on any atom is -0.453 e. The first kappa shape index (κ1) is 38.5. The summed E-state index contributed by atoms with van der Waals surface area (Å²) in [6, 6.07) is 24.0. The lowest BCUT2D eigenvalue weighted by molar-refractivity contribution is -0.135. The third-order valence-corrected chi connectivity index (χ3v) is 9.83. The number of hydrogen-bond donors (Lipinski definition) is 4. The first-order valence-electron chi connectivity index (χ1n) is 18.5. The van der Waals surface area contributed by atoms with Crippen LogP contribution in [-0.4, -0.2) is 81.4 Å². The standard InChI is InChI=1S/C43H48N8O4/c1-27(2)37(49-43(54)55-6)42(53)51-24-10-13-36(51)40-45-26-35(48-40)32-22-18-30(19-23-32)15-14-29-16-20-31(21-17-29)34-25-44-39(47-34)28(3)46-41(52)38(50(4)5)33-11-8-7-9-12-33/h7-9,11-12,16-23,25-28,36-38H,10,13,24H2,1-6H3,(H,44,47)(H,45,48)(H,46,52)(H,49,54)/t28-,36-,37-,38+/m0/s1. The molecule has 12 heteroatoms. The molecule has 3 aromatic carbocycles. The Morgan fingerprint density at radius 3 is 2.02 bits per heavy atom. The van der Waals surface area contributed by atoms with Gasteiger partial charge in [0.05, 0.1) is 43.0 Å². The summed E-state index contributed by atoms with van der Waals surface area (Å²) in [6.07, 6.45) is 4.58. The van der Waals surface area contributed by atoms with Crippen molar-refractivity contribution in [2.45, 2.75) is 57.8 Å². The number of likely N-dealkylation sites (N-methyl/N-ethyl adjacent to an activating group) is 1. The van der Waals surface area contributed by atoms with Gasteiger partial charge in [0.2, 0.25) is 11.8 Å². The highest BCUT2D eigenvalue weighted by molar-refractivity contribution is 5.86. The summed E-state index contributed by atoms with van der Waals surface area (Å²) in [7, 11) is 5.08. The van der Waals surface area contributed by atoms with E-state index in [1.807, 2.05) is 119 Å². The van der Waals surface area contributed by atoms with E-state index >= 15 is 0 Å². The van der Waals surface area contributed by atoms with Gasteiger partial charge in [0.25, 0.3) is 0 Å². The van der Waals surface area contributed by atoms with Crippen molar-refractivity contribution in [3.63, 3.8) is 0 Å². The lowest BCUT2D eigenvalue weighted by Crippen LogP contribution is -2.51. The van der Waals surface area contributed by atoms with Gasteiger partial charge in [-0.25, -0.2) is 14.8 Å². The zero-order valence-corrected chi connectivity index (χ0v) is 32.1.